The Morgan fingerprint density at radius 2 is 2.10 bits per heavy atom. The first-order valence-electron chi connectivity index (χ1n) is 6.97. The van der Waals surface area contributed by atoms with Crippen LogP contribution in [0, 0.1) is 5.82 Å². The number of benzene rings is 2. The minimum Gasteiger partial charge on any atom is -0.497 e. The Kier molecular flexibility index (Phi) is 3.80. The van der Waals surface area contributed by atoms with Crippen LogP contribution in [0.1, 0.15) is 23.1 Å². The fraction of sp³-hybridized carbons (Fsp3) is 0.294. The van der Waals surface area contributed by atoms with Crippen LogP contribution in [-0.2, 0) is 0 Å². The Hall–Kier alpha value is -2.07. The Balaban J connectivity index is 1.97. The normalized spacial score (nSPS) is 18.0. The number of hydrogen-bond acceptors (Lipinski definition) is 3. The maximum atomic E-state index is 14.3. The molecule has 3 rings (SSSR count). The van der Waals surface area contributed by atoms with Gasteiger partial charge in [-0.1, -0.05) is 24.3 Å². The first kappa shape index (κ1) is 13.9. The van der Waals surface area contributed by atoms with E-state index < -0.39 is 0 Å². The van der Waals surface area contributed by atoms with E-state index in [1.807, 2.05) is 31.3 Å². The zero-order valence-corrected chi connectivity index (χ0v) is 12.1. The van der Waals surface area contributed by atoms with Crippen LogP contribution < -0.4 is 14.8 Å². The zero-order valence-electron chi connectivity index (χ0n) is 12.1. The molecule has 0 saturated heterocycles. The van der Waals surface area contributed by atoms with Crippen LogP contribution in [0.15, 0.2) is 42.5 Å². The van der Waals surface area contributed by atoms with Crippen molar-refractivity contribution in [3.8, 4) is 11.5 Å². The second-order valence-electron chi connectivity index (χ2n) is 5.11. The van der Waals surface area contributed by atoms with Gasteiger partial charge in [-0.15, -0.1) is 0 Å². The smallest absolute Gasteiger partial charge is 0.131 e. The van der Waals surface area contributed by atoms with Crippen LogP contribution in [0.3, 0.4) is 0 Å². The van der Waals surface area contributed by atoms with Crippen molar-refractivity contribution in [2.75, 3.05) is 20.8 Å². The molecule has 1 heterocycles. The lowest BCUT2D eigenvalue weighted by Crippen LogP contribution is -2.25. The Bertz CT molecular complexity index is 644. The highest BCUT2D eigenvalue weighted by Crippen LogP contribution is 2.41. The van der Waals surface area contributed by atoms with E-state index >= 15 is 0 Å². The summed E-state index contributed by atoms with van der Waals surface area (Å²) < 4.78 is 25.1. The van der Waals surface area contributed by atoms with Crippen LogP contribution in [0.25, 0.3) is 0 Å². The molecule has 0 saturated carbocycles. The second-order valence-corrected chi connectivity index (χ2v) is 5.11. The number of ether oxygens (including phenoxy) is 2. The molecule has 21 heavy (non-hydrogen) atoms. The maximum absolute atomic E-state index is 14.3. The molecule has 110 valence electrons. The van der Waals surface area contributed by atoms with Crippen LogP contribution in [0.4, 0.5) is 4.39 Å². The summed E-state index contributed by atoms with van der Waals surface area (Å²) in [6.45, 7) is 0.552. The molecular weight excluding hydrogens is 269 g/mol. The molecule has 1 aliphatic rings. The first-order chi connectivity index (χ1) is 10.2. The number of hydrogen-bond donors (Lipinski definition) is 1. The van der Waals surface area contributed by atoms with Crippen molar-refractivity contribution in [3.63, 3.8) is 0 Å². The minimum atomic E-state index is -0.266. The fourth-order valence-electron chi connectivity index (χ4n) is 2.92. The summed E-state index contributed by atoms with van der Waals surface area (Å²) in [6.07, 6.45) is 0. The van der Waals surface area contributed by atoms with Crippen molar-refractivity contribution < 1.29 is 13.9 Å². The lowest BCUT2D eigenvalue weighted by molar-refractivity contribution is 0.302. The highest BCUT2D eigenvalue weighted by atomic mass is 19.1. The van der Waals surface area contributed by atoms with Gasteiger partial charge in [-0.25, -0.2) is 4.39 Å². The molecule has 0 radical (unpaired) electrons. The predicted octanol–water partition coefficient (Wildman–Crippen LogP) is 3.27. The molecule has 3 nitrogen and oxygen atoms in total. The highest BCUT2D eigenvalue weighted by Gasteiger charge is 2.32. The summed E-state index contributed by atoms with van der Waals surface area (Å²) in [4.78, 5) is 0. The van der Waals surface area contributed by atoms with Crippen molar-refractivity contribution in [2.24, 2.45) is 0 Å². The lowest BCUT2D eigenvalue weighted by Gasteiger charge is -2.23. The summed E-state index contributed by atoms with van der Waals surface area (Å²) in [5.41, 5.74) is 1.75. The van der Waals surface area contributed by atoms with E-state index in [4.69, 9.17) is 9.47 Å². The van der Waals surface area contributed by atoms with Crippen molar-refractivity contribution in [1.82, 2.24) is 5.32 Å². The van der Waals surface area contributed by atoms with E-state index in [0.717, 1.165) is 11.3 Å². The van der Waals surface area contributed by atoms with Crippen molar-refractivity contribution >= 4 is 0 Å². The number of halogens is 1. The molecule has 1 aliphatic heterocycles. The van der Waals surface area contributed by atoms with Gasteiger partial charge >= 0.3 is 0 Å². The van der Waals surface area contributed by atoms with Gasteiger partial charge < -0.3 is 14.8 Å². The molecule has 0 bridgehead atoms. The van der Waals surface area contributed by atoms with Crippen molar-refractivity contribution in [3.05, 3.63) is 59.4 Å². The molecule has 2 aromatic rings. The number of para-hydroxylation sites is 1. The quantitative estimate of drug-likeness (QED) is 0.936. The third-order valence-corrected chi connectivity index (χ3v) is 3.99. The van der Waals surface area contributed by atoms with Gasteiger partial charge in [0.1, 0.15) is 17.3 Å². The Labute approximate surface area is 123 Å². The number of likely N-dealkylation sites (N-methyl/N-ethyl adjacent to an activating group) is 1. The second kappa shape index (κ2) is 5.74. The Morgan fingerprint density at radius 3 is 2.81 bits per heavy atom. The SMILES string of the molecule is CNC(c1ccc(OC)cc1F)C1COc2ccccc21. The van der Waals surface area contributed by atoms with Crippen LogP contribution >= 0.6 is 0 Å². The third kappa shape index (κ3) is 2.47. The van der Waals surface area contributed by atoms with E-state index in [2.05, 4.69) is 5.32 Å². The number of rotatable bonds is 4. The van der Waals surface area contributed by atoms with Gasteiger partial charge in [0.25, 0.3) is 0 Å². The van der Waals surface area contributed by atoms with Crippen LogP contribution in [-0.4, -0.2) is 20.8 Å². The van der Waals surface area contributed by atoms with Gasteiger partial charge in [0.15, 0.2) is 0 Å². The molecule has 0 amide bonds. The predicted molar refractivity (Wildman–Crippen MR) is 79.4 cm³/mol. The Morgan fingerprint density at radius 1 is 1.29 bits per heavy atom. The van der Waals surface area contributed by atoms with Gasteiger partial charge in [0.2, 0.25) is 0 Å². The van der Waals surface area contributed by atoms with Crippen LogP contribution in [0.5, 0.6) is 11.5 Å². The van der Waals surface area contributed by atoms with Gasteiger partial charge in [0.05, 0.1) is 13.7 Å². The number of methoxy groups -OCH3 is 1. The molecule has 2 atom stereocenters. The van der Waals surface area contributed by atoms with Gasteiger partial charge in [-0.3, -0.25) is 0 Å². The molecule has 0 spiro atoms. The average molecular weight is 287 g/mol. The van der Waals surface area contributed by atoms with Crippen molar-refractivity contribution in [2.45, 2.75) is 12.0 Å². The molecule has 1 N–H and O–H groups in total. The summed E-state index contributed by atoms with van der Waals surface area (Å²) >= 11 is 0. The summed E-state index contributed by atoms with van der Waals surface area (Å²) in [6, 6.07) is 12.8. The van der Waals surface area contributed by atoms with Crippen LogP contribution in [0.2, 0.25) is 0 Å². The number of fused-ring (bicyclic) bond motifs is 1. The lowest BCUT2D eigenvalue weighted by atomic mass is 9.88. The van der Waals surface area contributed by atoms with Crippen molar-refractivity contribution in [1.29, 1.82) is 0 Å². The standard InChI is InChI=1S/C17H18FNO2/c1-19-17(13-8-7-11(20-2)9-15(13)18)14-10-21-16-6-4-3-5-12(14)16/h3-9,14,17,19H,10H2,1-2H3. The zero-order chi connectivity index (χ0) is 14.8. The van der Waals surface area contributed by atoms with E-state index in [9.17, 15) is 4.39 Å². The number of nitrogens with one attached hydrogen (secondary N) is 1. The summed E-state index contributed by atoms with van der Waals surface area (Å²) in [7, 11) is 3.38. The molecule has 0 aliphatic carbocycles. The minimum absolute atomic E-state index is 0.0918. The maximum Gasteiger partial charge on any atom is 0.131 e. The molecule has 2 unspecified atom stereocenters. The topological polar surface area (TPSA) is 30.5 Å². The van der Waals surface area contributed by atoms with Gasteiger partial charge in [-0.05, 0) is 19.2 Å². The molecule has 2 aromatic carbocycles. The van der Waals surface area contributed by atoms with E-state index in [-0.39, 0.29) is 17.8 Å². The largest absolute Gasteiger partial charge is 0.497 e. The summed E-state index contributed by atoms with van der Waals surface area (Å²) in [5, 5.41) is 3.22. The van der Waals surface area contributed by atoms with Gasteiger partial charge in [-0.2, -0.15) is 0 Å². The summed E-state index contributed by atoms with van der Waals surface area (Å²) in [5.74, 6) is 1.23. The third-order valence-electron chi connectivity index (χ3n) is 3.99. The highest BCUT2D eigenvalue weighted by molar-refractivity contribution is 5.43. The molecule has 4 heteroatoms. The first-order valence-corrected chi connectivity index (χ1v) is 6.97. The molecular formula is C17H18FNO2. The van der Waals surface area contributed by atoms with E-state index in [1.54, 1.807) is 12.1 Å². The molecule has 0 fully saturated rings. The average Bonchev–Trinajstić information content (AvgIpc) is 2.94. The monoisotopic (exact) mass is 287 g/mol. The van der Waals surface area contributed by atoms with E-state index in [0.29, 0.717) is 17.9 Å². The van der Waals surface area contributed by atoms with Gasteiger partial charge in [0, 0.05) is 29.2 Å². The fourth-order valence-corrected chi connectivity index (χ4v) is 2.92. The van der Waals surface area contributed by atoms with E-state index in [1.165, 1.54) is 13.2 Å². The molecule has 0 aromatic heterocycles.